The maximum absolute atomic E-state index is 13.9. The zero-order valence-corrected chi connectivity index (χ0v) is 21.5. The molecule has 7 heteroatoms. The van der Waals surface area contributed by atoms with Gasteiger partial charge in [0.1, 0.15) is 11.5 Å². The monoisotopic (exact) mass is 530 g/mol. The molecule has 3 aromatic carbocycles. The van der Waals surface area contributed by atoms with Crippen LogP contribution < -0.4 is 14.9 Å². The van der Waals surface area contributed by atoms with Crippen molar-refractivity contribution in [2.24, 2.45) is 4.99 Å². The van der Waals surface area contributed by atoms with Gasteiger partial charge in [0.05, 0.1) is 21.8 Å². The number of carbonyl (C=O) groups is 1. The predicted molar refractivity (Wildman–Crippen MR) is 150 cm³/mol. The van der Waals surface area contributed by atoms with Crippen LogP contribution in [-0.2, 0) is 6.42 Å². The molecule has 190 valence electrons. The SMILES string of the molecule is O=C(O)c1ccc(-c2ccc(/C=c3\sc4n(c3=O)[C@@H](c3ccccc3)C3=C(N=4)c4ccccc4CC3)o2)cc1. The molecule has 39 heavy (non-hydrogen) atoms. The molecule has 3 heterocycles. The van der Waals surface area contributed by atoms with Gasteiger partial charge in [0.2, 0.25) is 0 Å². The third-order valence-electron chi connectivity index (χ3n) is 7.30. The molecule has 0 unspecified atom stereocenters. The molecule has 1 N–H and O–H groups in total. The van der Waals surface area contributed by atoms with Gasteiger partial charge in [-0.25, -0.2) is 9.79 Å². The first kappa shape index (κ1) is 23.4. The largest absolute Gasteiger partial charge is 0.478 e. The Morgan fingerprint density at radius 2 is 1.72 bits per heavy atom. The van der Waals surface area contributed by atoms with E-state index in [0.717, 1.165) is 35.2 Å². The molecule has 0 saturated carbocycles. The van der Waals surface area contributed by atoms with Crippen molar-refractivity contribution in [3.05, 3.63) is 144 Å². The number of carboxylic acid groups (broad SMARTS) is 1. The summed E-state index contributed by atoms with van der Waals surface area (Å²) in [6, 6.07) is 28.5. The van der Waals surface area contributed by atoms with E-state index in [1.807, 2.05) is 41.0 Å². The van der Waals surface area contributed by atoms with E-state index in [2.05, 4.69) is 30.3 Å². The summed E-state index contributed by atoms with van der Waals surface area (Å²) in [6.07, 6.45) is 3.53. The number of fused-ring (bicyclic) bond motifs is 3. The number of aryl methyl sites for hydroxylation is 1. The van der Waals surface area contributed by atoms with Crippen LogP contribution in [0.25, 0.3) is 23.1 Å². The summed E-state index contributed by atoms with van der Waals surface area (Å²) in [6.45, 7) is 0. The van der Waals surface area contributed by atoms with Crippen LogP contribution in [0.15, 0.2) is 111 Å². The number of aromatic nitrogens is 1. The third kappa shape index (κ3) is 3.99. The van der Waals surface area contributed by atoms with Crippen LogP contribution in [0.4, 0.5) is 0 Å². The van der Waals surface area contributed by atoms with Gasteiger partial charge in [-0.2, -0.15) is 0 Å². The third-order valence-corrected chi connectivity index (χ3v) is 8.29. The molecular weight excluding hydrogens is 508 g/mol. The fourth-order valence-electron chi connectivity index (χ4n) is 5.45. The van der Waals surface area contributed by atoms with Gasteiger partial charge >= 0.3 is 5.97 Å². The van der Waals surface area contributed by atoms with E-state index < -0.39 is 5.97 Å². The molecule has 0 saturated heterocycles. The van der Waals surface area contributed by atoms with Crippen LogP contribution in [0.2, 0.25) is 0 Å². The zero-order chi connectivity index (χ0) is 26.5. The summed E-state index contributed by atoms with van der Waals surface area (Å²) in [5.74, 6) is 0.166. The van der Waals surface area contributed by atoms with Gasteiger partial charge in [0, 0.05) is 17.2 Å². The van der Waals surface area contributed by atoms with E-state index in [-0.39, 0.29) is 17.2 Å². The van der Waals surface area contributed by atoms with Crippen LogP contribution in [0.1, 0.15) is 45.3 Å². The van der Waals surface area contributed by atoms with Crippen LogP contribution >= 0.6 is 11.3 Å². The molecule has 1 aliphatic carbocycles. The lowest BCUT2D eigenvalue weighted by Gasteiger charge is -2.30. The number of hydrogen-bond donors (Lipinski definition) is 1. The molecule has 6 nitrogen and oxygen atoms in total. The van der Waals surface area contributed by atoms with E-state index >= 15 is 0 Å². The van der Waals surface area contributed by atoms with Gasteiger partial charge in [-0.15, -0.1) is 0 Å². The Bertz CT molecular complexity index is 1960. The predicted octanol–water partition coefficient (Wildman–Crippen LogP) is 5.28. The fourth-order valence-corrected chi connectivity index (χ4v) is 6.43. The second kappa shape index (κ2) is 9.22. The Morgan fingerprint density at radius 3 is 2.51 bits per heavy atom. The van der Waals surface area contributed by atoms with E-state index in [4.69, 9.17) is 14.5 Å². The fraction of sp³-hybridized carbons (Fsp3) is 0.0938. The Labute approximate surface area is 227 Å². The second-order valence-electron chi connectivity index (χ2n) is 9.61. The highest BCUT2D eigenvalue weighted by atomic mass is 32.1. The zero-order valence-electron chi connectivity index (χ0n) is 20.7. The van der Waals surface area contributed by atoms with Crippen molar-refractivity contribution in [3.63, 3.8) is 0 Å². The van der Waals surface area contributed by atoms with Crippen molar-refractivity contribution in [2.75, 3.05) is 0 Å². The highest BCUT2D eigenvalue weighted by molar-refractivity contribution is 7.07. The van der Waals surface area contributed by atoms with E-state index in [1.54, 1.807) is 30.3 Å². The van der Waals surface area contributed by atoms with Gasteiger partial charge in [0.25, 0.3) is 5.56 Å². The average Bonchev–Trinajstić information content (AvgIpc) is 3.56. The van der Waals surface area contributed by atoms with Gasteiger partial charge in [-0.1, -0.05) is 78.1 Å². The molecule has 2 aliphatic rings. The number of furan rings is 1. The molecule has 0 spiro atoms. The number of benzene rings is 3. The minimum Gasteiger partial charge on any atom is -0.478 e. The summed E-state index contributed by atoms with van der Waals surface area (Å²) < 4.78 is 8.40. The lowest BCUT2D eigenvalue weighted by atomic mass is 9.83. The quantitative estimate of drug-likeness (QED) is 0.343. The summed E-state index contributed by atoms with van der Waals surface area (Å²) >= 11 is 1.36. The van der Waals surface area contributed by atoms with Gasteiger partial charge < -0.3 is 9.52 Å². The number of hydrogen-bond acceptors (Lipinski definition) is 5. The van der Waals surface area contributed by atoms with Gasteiger partial charge in [-0.3, -0.25) is 9.36 Å². The van der Waals surface area contributed by atoms with Crippen LogP contribution in [0.3, 0.4) is 0 Å². The number of allylic oxidation sites excluding steroid dienone is 1. The van der Waals surface area contributed by atoms with Crippen molar-refractivity contribution in [1.82, 2.24) is 4.57 Å². The first-order valence-electron chi connectivity index (χ1n) is 12.7. The maximum Gasteiger partial charge on any atom is 0.335 e. The normalized spacial score (nSPS) is 16.3. The Balaban J connectivity index is 1.35. The average molecular weight is 531 g/mol. The van der Waals surface area contributed by atoms with Gasteiger partial charge in [0.15, 0.2) is 4.80 Å². The number of aromatic carboxylic acids is 1. The summed E-state index contributed by atoms with van der Waals surface area (Å²) in [5.41, 5.74) is 6.51. The number of nitrogens with zero attached hydrogens (tertiary/aromatic N) is 2. The molecule has 0 amide bonds. The molecular formula is C32H22N2O4S. The highest BCUT2D eigenvalue weighted by Crippen LogP contribution is 2.41. The molecule has 2 aromatic heterocycles. The molecule has 5 aromatic rings. The highest BCUT2D eigenvalue weighted by Gasteiger charge is 2.32. The molecule has 0 bridgehead atoms. The summed E-state index contributed by atoms with van der Waals surface area (Å²) in [5, 5.41) is 9.15. The smallest absolute Gasteiger partial charge is 0.335 e. The maximum atomic E-state index is 13.9. The summed E-state index contributed by atoms with van der Waals surface area (Å²) in [7, 11) is 0. The first-order valence-corrected chi connectivity index (χ1v) is 13.5. The Morgan fingerprint density at radius 1 is 0.949 bits per heavy atom. The van der Waals surface area contributed by atoms with Crippen LogP contribution in [-0.4, -0.2) is 15.6 Å². The minimum atomic E-state index is -0.976. The molecule has 1 atom stereocenters. The standard InChI is InChI=1S/C32H22N2O4S/c35-30-27(18-23-15-17-26(38-23)20-10-12-22(13-11-20)31(36)37)39-32-33-28-24-9-5-4-6-19(24)14-16-25(28)29(34(30)32)21-7-2-1-3-8-21/h1-13,15,17-18,29H,14,16H2,(H,36,37)/b27-18-/t29-/m0/s1. The van der Waals surface area contributed by atoms with Crippen molar-refractivity contribution in [2.45, 2.75) is 18.9 Å². The van der Waals surface area contributed by atoms with Crippen molar-refractivity contribution in [3.8, 4) is 11.3 Å². The van der Waals surface area contributed by atoms with Crippen LogP contribution in [0, 0.1) is 0 Å². The van der Waals surface area contributed by atoms with E-state index in [1.165, 1.54) is 22.5 Å². The molecule has 7 rings (SSSR count). The molecule has 1 aliphatic heterocycles. The van der Waals surface area contributed by atoms with Crippen molar-refractivity contribution < 1.29 is 14.3 Å². The number of rotatable bonds is 4. The topological polar surface area (TPSA) is 84.8 Å². The van der Waals surface area contributed by atoms with E-state index in [0.29, 0.717) is 20.9 Å². The number of carboxylic acids is 1. The lowest BCUT2D eigenvalue weighted by Crippen LogP contribution is -2.38. The van der Waals surface area contributed by atoms with Crippen LogP contribution in [0.5, 0.6) is 0 Å². The second-order valence-corrected chi connectivity index (χ2v) is 10.6. The lowest BCUT2D eigenvalue weighted by molar-refractivity contribution is 0.0697. The van der Waals surface area contributed by atoms with E-state index in [9.17, 15) is 9.59 Å². The van der Waals surface area contributed by atoms with Crippen molar-refractivity contribution >= 4 is 29.1 Å². The van der Waals surface area contributed by atoms with Gasteiger partial charge in [-0.05, 0) is 53.8 Å². The minimum absolute atomic E-state index is 0.0956. The molecule has 0 fully saturated rings. The Hall–Kier alpha value is -4.75. The Kier molecular flexibility index (Phi) is 5.52. The number of thiazole rings is 1. The summed E-state index contributed by atoms with van der Waals surface area (Å²) in [4.78, 5) is 30.7. The molecule has 0 radical (unpaired) electrons. The van der Waals surface area contributed by atoms with Crippen molar-refractivity contribution in [1.29, 1.82) is 0 Å². The first-order chi connectivity index (χ1) is 19.1.